The van der Waals surface area contributed by atoms with Crippen LogP contribution in [0.15, 0.2) is 53.8 Å². The van der Waals surface area contributed by atoms with Gasteiger partial charge in [-0.2, -0.15) is 0 Å². The van der Waals surface area contributed by atoms with Crippen LogP contribution in [0, 0.1) is 11.6 Å². The number of halogens is 3. The van der Waals surface area contributed by atoms with Gasteiger partial charge >= 0.3 is 0 Å². The minimum Gasteiger partial charge on any atom is -0.497 e. The van der Waals surface area contributed by atoms with E-state index in [2.05, 4.69) is 9.97 Å². The minimum atomic E-state index is -0.811. The first-order valence-electron chi connectivity index (χ1n) is 8.08. The molecule has 0 aliphatic rings. The highest BCUT2D eigenvalue weighted by atomic mass is 35.5. The second-order valence-corrected chi connectivity index (χ2v) is 7.04. The number of hydrogen-bond donors (Lipinski definition) is 0. The Kier molecular flexibility index (Phi) is 6.53. The fraction of sp³-hybridized carbons (Fsp3) is 0.158. The molecular weight excluding hydrogens is 408 g/mol. The van der Waals surface area contributed by atoms with E-state index in [0.717, 1.165) is 23.6 Å². The van der Waals surface area contributed by atoms with Gasteiger partial charge in [0.05, 0.1) is 30.7 Å². The van der Waals surface area contributed by atoms with Crippen molar-refractivity contribution in [1.29, 1.82) is 0 Å². The predicted molar refractivity (Wildman–Crippen MR) is 105 cm³/mol. The summed E-state index contributed by atoms with van der Waals surface area (Å²) in [5.41, 5.74) is 0.822. The second-order valence-electron chi connectivity index (χ2n) is 5.57. The molecule has 0 N–H and O–H groups in total. The van der Waals surface area contributed by atoms with Crippen LogP contribution in [0.4, 0.5) is 14.6 Å². The van der Waals surface area contributed by atoms with Gasteiger partial charge in [0.1, 0.15) is 35.3 Å². The smallest absolute Gasteiger partial charge is 0.144 e. The Morgan fingerprint density at radius 3 is 2.57 bits per heavy atom. The number of nitrogens with zero attached hydrogens (tertiary/aromatic N) is 3. The van der Waals surface area contributed by atoms with Crippen LogP contribution in [0.5, 0.6) is 11.5 Å². The maximum Gasteiger partial charge on any atom is 0.144 e. The van der Waals surface area contributed by atoms with Crippen molar-refractivity contribution in [3.8, 4) is 11.5 Å². The Morgan fingerprint density at radius 2 is 1.89 bits per heavy atom. The first-order chi connectivity index (χ1) is 13.5. The van der Waals surface area contributed by atoms with Gasteiger partial charge in [0.25, 0.3) is 0 Å². The SMILES string of the molecule is COc1ccc(CN(Sc2cc(Cl)c(F)cc2F)c2ccncn2)c(OC)c1. The average Bonchev–Trinajstić information content (AvgIpc) is 2.72. The lowest BCUT2D eigenvalue weighted by molar-refractivity contribution is 0.391. The third-order valence-corrected chi connectivity index (χ3v) is 5.15. The van der Waals surface area contributed by atoms with Gasteiger partial charge in [-0.25, -0.2) is 18.7 Å². The van der Waals surface area contributed by atoms with Crippen molar-refractivity contribution >= 4 is 29.4 Å². The molecule has 0 saturated carbocycles. The van der Waals surface area contributed by atoms with E-state index < -0.39 is 11.6 Å². The summed E-state index contributed by atoms with van der Waals surface area (Å²) >= 11 is 6.87. The molecule has 0 saturated heterocycles. The normalized spacial score (nSPS) is 10.6. The summed E-state index contributed by atoms with van der Waals surface area (Å²) in [5, 5.41) is -0.159. The highest BCUT2D eigenvalue weighted by Crippen LogP contribution is 2.35. The van der Waals surface area contributed by atoms with Crippen LogP contribution in [-0.4, -0.2) is 24.2 Å². The van der Waals surface area contributed by atoms with Gasteiger partial charge in [0, 0.05) is 23.9 Å². The van der Waals surface area contributed by atoms with E-state index in [9.17, 15) is 8.78 Å². The van der Waals surface area contributed by atoms with Crippen LogP contribution in [0.1, 0.15) is 5.56 Å². The van der Waals surface area contributed by atoms with Crippen LogP contribution in [0.25, 0.3) is 0 Å². The molecule has 0 radical (unpaired) electrons. The predicted octanol–water partition coefficient (Wildman–Crippen LogP) is 5.14. The van der Waals surface area contributed by atoms with Gasteiger partial charge in [-0.1, -0.05) is 11.6 Å². The summed E-state index contributed by atoms with van der Waals surface area (Å²) in [6.45, 7) is 0.323. The van der Waals surface area contributed by atoms with E-state index in [-0.39, 0.29) is 9.92 Å². The Labute approximate surface area is 170 Å². The number of aromatic nitrogens is 2. The van der Waals surface area contributed by atoms with Crippen molar-refractivity contribution in [1.82, 2.24) is 9.97 Å². The lowest BCUT2D eigenvalue weighted by atomic mass is 10.2. The minimum absolute atomic E-state index is 0.159. The largest absolute Gasteiger partial charge is 0.497 e. The lowest BCUT2D eigenvalue weighted by Gasteiger charge is -2.23. The van der Waals surface area contributed by atoms with E-state index in [1.54, 1.807) is 42.9 Å². The molecule has 28 heavy (non-hydrogen) atoms. The topological polar surface area (TPSA) is 47.5 Å². The molecule has 3 rings (SSSR count). The Balaban J connectivity index is 1.96. The van der Waals surface area contributed by atoms with Gasteiger partial charge in [0.15, 0.2) is 0 Å². The average molecular weight is 424 g/mol. The maximum atomic E-state index is 14.3. The number of methoxy groups -OCH3 is 2. The molecular formula is C19H16ClF2N3O2S. The van der Waals surface area contributed by atoms with Crippen molar-refractivity contribution in [2.75, 3.05) is 18.5 Å². The molecule has 146 valence electrons. The second kappa shape index (κ2) is 9.07. The number of rotatable bonds is 7. The molecule has 9 heteroatoms. The summed E-state index contributed by atoms with van der Waals surface area (Å²) in [4.78, 5) is 8.30. The molecule has 1 aromatic heterocycles. The van der Waals surface area contributed by atoms with Gasteiger partial charge in [0.2, 0.25) is 0 Å². The van der Waals surface area contributed by atoms with Crippen molar-refractivity contribution in [3.63, 3.8) is 0 Å². The molecule has 0 aliphatic carbocycles. The summed E-state index contributed by atoms with van der Waals surface area (Å²) in [6, 6.07) is 9.10. The van der Waals surface area contributed by atoms with E-state index in [1.165, 1.54) is 12.4 Å². The van der Waals surface area contributed by atoms with Crippen LogP contribution in [0.2, 0.25) is 5.02 Å². The zero-order valence-electron chi connectivity index (χ0n) is 15.0. The summed E-state index contributed by atoms with van der Waals surface area (Å²) in [5.74, 6) is 0.272. The zero-order valence-corrected chi connectivity index (χ0v) is 16.6. The number of benzene rings is 2. The Morgan fingerprint density at radius 1 is 1.07 bits per heavy atom. The van der Waals surface area contributed by atoms with Crippen LogP contribution in [-0.2, 0) is 6.54 Å². The van der Waals surface area contributed by atoms with E-state index in [1.807, 2.05) is 6.07 Å². The molecule has 2 aromatic carbocycles. The first kappa shape index (κ1) is 20.2. The van der Waals surface area contributed by atoms with Gasteiger partial charge < -0.3 is 9.47 Å². The quantitative estimate of drug-likeness (QED) is 0.387. The molecule has 3 aromatic rings. The third-order valence-electron chi connectivity index (χ3n) is 3.81. The molecule has 0 spiro atoms. The standard InChI is InChI=1S/C19H16ClF2N3O2S/c1-26-13-4-3-12(17(7-13)27-2)10-25(19-5-6-23-11-24-19)28-18-8-14(20)15(21)9-16(18)22/h3-9,11H,10H2,1-2H3. The fourth-order valence-corrected chi connectivity index (χ4v) is 3.61. The molecule has 0 unspecified atom stereocenters. The number of ether oxygens (including phenoxy) is 2. The highest BCUT2D eigenvalue weighted by Gasteiger charge is 2.18. The Bertz CT molecular complexity index is 963. The molecule has 0 fully saturated rings. The molecule has 1 heterocycles. The van der Waals surface area contributed by atoms with Crippen LogP contribution >= 0.6 is 23.5 Å². The van der Waals surface area contributed by atoms with E-state index in [4.69, 9.17) is 21.1 Å². The molecule has 0 bridgehead atoms. The van der Waals surface area contributed by atoms with Gasteiger partial charge in [-0.3, -0.25) is 4.31 Å². The third kappa shape index (κ3) is 4.63. The van der Waals surface area contributed by atoms with E-state index >= 15 is 0 Å². The molecule has 0 aliphatic heterocycles. The molecule has 0 atom stereocenters. The van der Waals surface area contributed by atoms with Crippen molar-refractivity contribution < 1.29 is 18.3 Å². The van der Waals surface area contributed by atoms with Crippen molar-refractivity contribution in [2.24, 2.45) is 0 Å². The number of hydrogen-bond acceptors (Lipinski definition) is 6. The first-order valence-corrected chi connectivity index (χ1v) is 9.24. The lowest BCUT2D eigenvalue weighted by Crippen LogP contribution is -2.16. The number of anilines is 1. The van der Waals surface area contributed by atoms with Gasteiger partial charge in [-0.05, 0) is 36.2 Å². The van der Waals surface area contributed by atoms with E-state index in [0.29, 0.717) is 23.9 Å². The maximum absolute atomic E-state index is 14.3. The van der Waals surface area contributed by atoms with Crippen molar-refractivity contribution in [3.05, 3.63) is 71.1 Å². The highest BCUT2D eigenvalue weighted by molar-refractivity contribution is 8.00. The summed E-state index contributed by atoms with van der Waals surface area (Å²) in [7, 11) is 3.12. The van der Waals surface area contributed by atoms with Gasteiger partial charge in [-0.15, -0.1) is 0 Å². The molecule has 5 nitrogen and oxygen atoms in total. The van der Waals surface area contributed by atoms with Crippen LogP contribution < -0.4 is 13.8 Å². The van der Waals surface area contributed by atoms with Crippen LogP contribution in [0.3, 0.4) is 0 Å². The fourth-order valence-electron chi connectivity index (χ4n) is 2.42. The Hall–Kier alpha value is -2.58. The molecule has 0 amide bonds. The monoisotopic (exact) mass is 423 g/mol. The summed E-state index contributed by atoms with van der Waals surface area (Å²) in [6.07, 6.45) is 2.97. The zero-order chi connectivity index (χ0) is 20.1. The summed E-state index contributed by atoms with van der Waals surface area (Å²) < 4.78 is 40.2. The van der Waals surface area contributed by atoms with Crippen molar-refractivity contribution in [2.45, 2.75) is 11.4 Å².